The van der Waals surface area contributed by atoms with Crippen molar-refractivity contribution < 1.29 is 27.9 Å². The molecule has 1 saturated heterocycles. The van der Waals surface area contributed by atoms with Gasteiger partial charge in [-0.2, -0.15) is 13.2 Å². The molecule has 4 nitrogen and oxygen atoms in total. The lowest BCUT2D eigenvalue weighted by Gasteiger charge is -2.19. The molecule has 1 heterocycles. The molecule has 0 saturated carbocycles. The van der Waals surface area contributed by atoms with Gasteiger partial charge in [-0.05, 0) is 30.7 Å². The predicted octanol–water partition coefficient (Wildman–Crippen LogP) is 2.98. The molecule has 0 radical (unpaired) electrons. The van der Waals surface area contributed by atoms with Gasteiger partial charge in [-0.15, -0.1) is 0 Å². The van der Waals surface area contributed by atoms with Crippen LogP contribution >= 0.6 is 11.6 Å². The van der Waals surface area contributed by atoms with Crippen molar-refractivity contribution in [2.45, 2.75) is 13.1 Å². The van der Waals surface area contributed by atoms with Crippen LogP contribution < -0.4 is 0 Å². The molecule has 1 amide bonds. The van der Waals surface area contributed by atoms with Gasteiger partial charge in [0, 0.05) is 23.7 Å². The number of aliphatic carboxylic acids is 1. The minimum Gasteiger partial charge on any atom is -0.481 e. The van der Waals surface area contributed by atoms with Gasteiger partial charge in [-0.25, -0.2) is 0 Å². The molecule has 22 heavy (non-hydrogen) atoms. The Kier molecular flexibility index (Phi) is 4.37. The number of carbonyl (C=O) groups excluding carboxylic acids is 1. The quantitative estimate of drug-likeness (QED) is 0.904. The summed E-state index contributed by atoms with van der Waals surface area (Å²) < 4.78 is 38.8. The lowest BCUT2D eigenvalue weighted by molar-refractivity contribution is -0.187. The molecule has 1 aliphatic heterocycles. The molecular weight excluding hydrogens is 323 g/mol. The minimum atomic E-state index is -4.66. The number of likely N-dealkylation sites (tertiary alicyclic amines) is 1. The molecule has 1 aromatic rings. The Morgan fingerprint density at radius 3 is 2.41 bits per heavy atom. The summed E-state index contributed by atoms with van der Waals surface area (Å²) in [5, 5.41) is 9.36. The van der Waals surface area contributed by atoms with Crippen LogP contribution in [-0.2, 0) is 4.79 Å². The SMILES string of the molecule is Cc1cc(Cl)ccc1C(=O)N1C[C@@H](C(F)(F)F)[C@H](C(=O)O)C1. The molecule has 0 spiro atoms. The van der Waals surface area contributed by atoms with E-state index >= 15 is 0 Å². The average Bonchev–Trinajstić information content (AvgIpc) is 2.83. The van der Waals surface area contributed by atoms with Crippen LogP contribution in [0.15, 0.2) is 18.2 Å². The van der Waals surface area contributed by atoms with Gasteiger partial charge in [0.1, 0.15) is 0 Å². The monoisotopic (exact) mass is 335 g/mol. The van der Waals surface area contributed by atoms with Gasteiger partial charge in [0.15, 0.2) is 0 Å². The van der Waals surface area contributed by atoms with Gasteiger partial charge in [-0.3, -0.25) is 9.59 Å². The number of halogens is 4. The number of carbonyl (C=O) groups is 2. The number of hydrogen-bond acceptors (Lipinski definition) is 2. The number of hydrogen-bond donors (Lipinski definition) is 1. The number of nitrogens with zero attached hydrogens (tertiary/aromatic N) is 1. The third-order valence-corrected chi connectivity index (χ3v) is 4.00. The molecular formula is C14H13ClF3NO3. The first-order valence-electron chi connectivity index (χ1n) is 6.46. The van der Waals surface area contributed by atoms with Crippen molar-refractivity contribution in [1.82, 2.24) is 4.90 Å². The van der Waals surface area contributed by atoms with Gasteiger partial charge in [0.2, 0.25) is 0 Å². The zero-order valence-electron chi connectivity index (χ0n) is 11.5. The number of carboxylic acids is 1. The van der Waals surface area contributed by atoms with E-state index in [-0.39, 0.29) is 5.56 Å². The molecule has 120 valence electrons. The fraction of sp³-hybridized carbons (Fsp3) is 0.429. The summed E-state index contributed by atoms with van der Waals surface area (Å²) in [4.78, 5) is 24.3. The molecule has 1 aliphatic rings. The van der Waals surface area contributed by atoms with Crippen LogP contribution in [0.2, 0.25) is 5.02 Å². The maximum atomic E-state index is 12.9. The number of benzene rings is 1. The van der Waals surface area contributed by atoms with E-state index in [2.05, 4.69) is 0 Å². The molecule has 0 aromatic heterocycles. The number of aryl methyl sites for hydroxylation is 1. The molecule has 0 unspecified atom stereocenters. The molecule has 0 aliphatic carbocycles. The normalized spacial score (nSPS) is 22.0. The van der Waals surface area contributed by atoms with E-state index in [1.54, 1.807) is 6.92 Å². The number of amides is 1. The van der Waals surface area contributed by atoms with E-state index in [1.807, 2.05) is 0 Å². The largest absolute Gasteiger partial charge is 0.481 e. The molecule has 2 rings (SSSR count). The zero-order valence-corrected chi connectivity index (χ0v) is 12.3. The molecule has 1 N–H and O–H groups in total. The Labute approximate surface area is 129 Å². The summed E-state index contributed by atoms with van der Waals surface area (Å²) in [5.74, 6) is -5.87. The minimum absolute atomic E-state index is 0.219. The lowest BCUT2D eigenvalue weighted by Crippen LogP contribution is -2.34. The Balaban J connectivity index is 2.27. The van der Waals surface area contributed by atoms with Crippen molar-refractivity contribution >= 4 is 23.5 Å². The summed E-state index contributed by atoms with van der Waals surface area (Å²) in [5.41, 5.74) is 0.746. The highest BCUT2D eigenvalue weighted by molar-refractivity contribution is 6.30. The van der Waals surface area contributed by atoms with Crippen LogP contribution in [0.1, 0.15) is 15.9 Å². The van der Waals surface area contributed by atoms with Crippen molar-refractivity contribution in [2.75, 3.05) is 13.1 Å². The van der Waals surface area contributed by atoms with Crippen molar-refractivity contribution in [1.29, 1.82) is 0 Å². The number of rotatable bonds is 2. The van der Waals surface area contributed by atoms with Gasteiger partial charge >= 0.3 is 12.1 Å². The number of alkyl halides is 3. The fourth-order valence-electron chi connectivity index (χ4n) is 2.59. The highest BCUT2D eigenvalue weighted by atomic mass is 35.5. The van der Waals surface area contributed by atoms with E-state index in [0.29, 0.717) is 10.6 Å². The molecule has 1 fully saturated rings. The molecule has 2 atom stereocenters. The Morgan fingerprint density at radius 1 is 1.32 bits per heavy atom. The Hall–Kier alpha value is -1.76. The second-order valence-corrected chi connectivity index (χ2v) is 5.70. The Bertz CT molecular complexity index is 618. The van der Waals surface area contributed by atoms with E-state index < -0.39 is 43.0 Å². The van der Waals surface area contributed by atoms with Crippen molar-refractivity contribution in [3.05, 3.63) is 34.3 Å². The van der Waals surface area contributed by atoms with Crippen molar-refractivity contribution in [3.63, 3.8) is 0 Å². The Morgan fingerprint density at radius 2 is 1.95 bits per heavy atom. The summed E-state index contributed by atoms with van der Waals surface area (Å²) in [6.07, 6.45) is -4.66. The molecule has 0 bridgehead atoms. The van der Waals surface area contributed by atoms with Gasteiger partial charge < -0.3 is 10.0 Å². The van der Waals surface area contributed by atoms with E-state index in [0.717, 1.165) is 4.90 Å². The highest BCUT2D eigenvalue weighted by Gasteiger charge is 2.53. The predicted molar refractivity (Wildman–Crippen MR) is 72.8 cm³/mol. The van der Waals surface area contributed by atoms with E-state index in [4.69, 9.17) is 16.7 Å². The maximum absolute atomic E-state index is 12.9. The summed E-state index contributed by atoms with van der Waals surface area (Å²) in [6.45, 7) is 0.507. The van der Waals surface area contributed by atoms with E-state index in [1.165, 1.54) is 18.2 Å². The van der Waals surface area contributed by atoms with Gasteiger partial charge in [-0.1, -0.05) is 11.6 Å². The summed E-state index contributed by atoms with van der Waals surface area (Å²) in [7, 11) is 0. The fourth-order valence-corrected chi connectivity index (χ4v) is 2.82. The average molecular weight is 336 g/mol. The van der Waals surface area contributed by atoms with Gasteiger partial charge in [0.25, 0.3) is 5.91 Å². The second kappa shape index (κ2) is 5.79. The first-order chi connectivity index (χ1) is 10.1. The zero-order chi connectivity index (χ0) is 16.7. The van der Waals surface area contributed by atoms with Crippen LogP contribution in [0, 0.1) is 18.8 Å². The summed E-state index contributed by atoms with van der Waals surface area (Å²) >= 11 is 5.78. The standard InChI is InChI=1S/C14H13ClF3NO3/c1-7-4-8(15)2-3-9(7)12(20)19-5-10(13(21)22)11(6-19)14(16,17)18/h2-4,10-11H,5-6H2,1H3,(H,21,22)/t10-,11-/m1/s1. The van der Waals surface area contributed by atoms with Gasteiger partial charge in [0.05, 0.1) is 11.8 Å². The van der Waals surface area contributed by atoms with Crippen LogP contribution in [0.25, 0.3) is 0 Å². The van der Waals surface area contributed by atoms with E-state index in [9.17, 15) is 22.8 Å². The second-order valence-electron chi connectivity index (χ2n) is 5.26. The third-order valence-electron chi connectivity index (χ3n) is 3.76. The van der Waals surface area contributed by atoms with Crippen LogP contribution in [-0.4, -0.2) is 41.1 Å². The van der Waals surface area contributed by atoms with Crippen LogP contribution in [0.5, 0.6) is 0 Å². The van der Waals surface area contributed by atoms with Crippen LogP contribution in [0.3, 0.4) is 0 Å². The molecule has 1 aromatic carbocycles. The lowest BCUT2D eigenvalue weighted by atomic mass is 9.96. The molecule has 8 heteroatoms. The smallest absolute Gasteiger partial charge is 0.394 e. The van der Waals surface area contributed by atoms with Crippen LogP contribution in [0.4, 0.5) is 13.2 Å². The topological polar surface area (TPSA) is 57.6 Å². The van der Waals surface area contributed by atoms with Crippen molar-refractivity contribution in [3.8, 4) is 0 Å². The third kappa shape index (κ3) is 3.19. The maximum Gasteiger partial charge on any atom is 0.394 e. The highest BCUT2D eigenvalue weighted by Crippen LogP contribution is 2.38. The first-order valence-corrected chi connectivity index (χ1v) is 6.84. The number of carboxylic acid groups (broad SMARTS) is 1. The van der Waals surface area contributed by atoms with Crippen molar-refractivity contribution in [2.24, 2.45) is 11.8 Å². The first kappa shape index (κ1) is 16.6. The summed E-state index contributed by atoms with van der Waals surface area (Å²) in [6, 6.07) is 4.42.